The van der Waals surface area contributed by atoms with Crippen molar-refractivity contribution in [3.63, 3.8) is 0 Å². The monoisotopic (exact) mass is 382 g/mol. The fourth-order valence-corrected chi connectivity index (χ4v) is 3.65. The first kappa shape index (κ1) is 18.1. The van der Waals surface area contributed by atoms with Gasteiger partial charge in [-0.15, -0.1) is 0 Å². The van der Waals surface area contributed by atoms with Gasteiger partial charge >= 0.3 is 0 Å². The van der Waals surface area contributed by atoms with E-state index in [1.807, 2.05) is 4.90 Å². The van der Waals surface area contributed by atoms with Crippen molar-refractivity contribution in [3.8, 4) is 11.5 Å². The second kappa shape index (κ2) is 7.38. The molecule has 0 spiro atoms. The van der Waals surface area contributed by atoms with Crippen molar-refractivity contribution in [3.05, 3.63) is 58.1 Å². The van der Waals surface area contributed by atoms with Gasteiger partial charge in [-0.25, -0.2) is 9.50 Å². The van der Waals surface area contributed by atoms with Crippen molar-refractivity contribution < 1.29 is 14.3 Å². The molecule has 1 fully saturated rings. The summed E-state index contributed by atoms with van der Waals surface area (Å²) in [5, 5.41) is 2.85. The molecule has 8 heteroatoms. The third-order valence-electron chi connectivity index (χ3n) is 5.20. The first-order valence-corrected chi connectivity index (χ1v) is 9.18. The first-order chi connectivity index (χ1) is 13.6. The van der Waals surface area contributed by atoms with Gasteiger partial charge in [0, 0.05) is 49.0 Å². The number of carbonyl (C=O) groups is 1. The van der Waals surface area contributed by atoms with Gasteiger partial charge in [0.1, 0.15) is 11.5 Å². The normalized spacial score (nSPS) is 15.0. The van der Waals surface area contributed by atoms with Crippen LogP contribution in [0.1, 0.15) is 34.8 Å². The molecule has 1 amide bonds. The van der Waals surface area contributed by atoms with Crippen LogP contribution in [0.15, 0.2) is 41.3 Å². The van der Waals surface area contributed by atoms with Gasteiger partial charge in [-0.1, -0.05) is 0 Å². The summed E-state index contributed by atoms with van der Waals surface area (Å²) in [5.41, 5.74) is 1.83. The Morgan fingerprint density at radius 3 is 2.43 bits per heavy atom. The molecule has 146 valence electrons. The lowest BCUT2D eigenvalue weighted by atomic mass is 9.93. The zero-order valence-corrected chi connectivity index (χ0v) is 15.8. The number of ether oxygens (including phenoxy) is 2. The van der Waals surface area contributed by atoms with Crippen molar-refractivity contribution in [2.24, 2.45) is 0 Å². The van der Waals surface area contributed by atoms with E-state index in [1.54, 1.807) is 50.7 Å². The number of hydrogen-bond donors (Lipinski definition) is 1. The molecule has 1 aliphatic heterocycles. The highest BCUT2D eigenvalue weighted by molar-refractivity contribution is 5.95. The molecule has 2 aromatic heterocycles. The highest BCUT2D eigenvalue weighted by Crippen LogP contribution is 2.29. The Morgan fingerprint density at radius 2 is 1.79 bits per heavy atom. The summed E-state index contributed by atoms with van der Waals surface area (Å²) in [6, 6.07) is 8.54. The van der Waals surface area contributed by atoms with Crippen molar-refractivity contribution in [1.29, 1.82) is 0 Å². The summed E-state index contributed by atoms with van der Waals surface area (Å²) < 4.78 is 11.9. The van der Waals surface area contributed by atoms with Crippen LogP contribution in [0.25, 0.3) is 5.65 Å². The van der Waals surface area contributed by atoms with Crippen LogP contribution in [0, 0.1) is 0 Å². The zero-order valence-electron chi connectivity index (χ0n) is 15.8. The Hall–Kier alpha value is -3.29. The minimum Gasteiger partial charge on any atom is -0.497 e. The van der Waals surface area contributed by atoms with E-state index in [4.69, 9.17) is 9.47 Å². The maximum absolute atomic E-state index is 12.9. The Bertz CT molecular complexity index is 1040. The number of fused-ring (bicyclic) bond motifs is 1. The number of nitrogens with zero attached hydrogens (tertiary/aromatic N) is 3. The quantitative estimate of drug-likeness (QED) is 0.746. The van der Waals surface area contributed by atoms with Gasteiger partial charge < -0.3 is 14.4 Å². The molecule has 1 N–H and O–H groups in total. The molecule has 0 aliphatic carbocycles. The van der Waals surface area contributed by atoms with Crippen LogP contribution in [0.2, 0.25) is 0 Å². The highest BCUT2D eigenvalue weighted by Gasteiger charge is 2.26. The number of benzene rings is 1. The number of aromatic nitrogens is 3. The lowest BCUT2D eigenvalue weighted by molar-refractivity contribution is 0.0711. The number of likely N-dealkylation sites (tertiary alicyclic amines) is 1. The fraction of sp³-hybridized carbons (Fsp3) is 0.350. The average molecular weight is 382 g/mol. The number of piperidine rings is 1. The maximum Gasteiger partial charge on any atom is 0.272 e. The van der Waals surface area contributed by atoms with E-state index in [9.17, 15) is 9.59 Å². The largest absolute Gasteiger partial charge is 0.497 e. The maximum atomic E-state index is 12.9. The number of carbonyl (C=O) groups excluding carboxylic acids is 1. The molecule has 0 unspecified atom stereocenters. The summed E-state index contributed by atoms with van der Waals surface area (Å²) in [6.45, 7) is 1.22. The molecular formula is C20H22N4O4. The predicted molar refractivity (Wildman–Crippen MR) is 103 cm³/mol. The molecule has 4 rings (SSSR count). The van der Waals surface area contributed by atoms with Gasteiger partial charge in [0.2, 0.25) is 0 Å². The fourth-order valence-electron chi connectivity index (χ4n) is 3.65. The third-order valence-corrected chi connectivity index (χ3v) is 5.20. The summed E-state index contributed by atoms with van der Waals surface area (Å²) in [5.74, 6) is 1.28. The lowest BCUT2D eigenvalue weighted by Crippen LogP contribution is -2.38. The van der Waals surface area contributed by atoms with Gasteiger partial charge in [-0.3, -0.25) is 14.7 Å². The van der Waals surface area contributed by atoms with E-state index in [0.29, 0.717) is 35.8 Å². The summed E-state index contributed by atoms with van der Waals surface area (Å²) >= 11 is 0. The second-order valence-electron chi connectivity index (χ2n) is 6.84. The number of rotatable bonds is 4. The number of nitrogens with one attached hydrogen (secondary N) is 1. The number of aromatic amines is 1. The van der Waals surface area contributed by atoms with Crippen LogP contribution >= 0.6 is 0 Å². The third kappa shape index (κ3) is 3.33. The molecule has 3 aromatic rings. The first-order valence-electron chi connectivity index (χ1n) is 9.18. The van der Waals surface area contributed by atoms with E-state index in [0.717, 1.165) is 18.5 Å². The smallest absolute Gasteiger partial charge is 0.272 e. The van der Waals surface area contributed by atoms with E-state index in [1.165, 1.54) is 4.52 Å². The molecular weight excluding hydrogens is 360 g/mol. The van der Waals surface area contributed by atoms with Gasteiger partial charge in [0.25, 0.3) is 11.5 Å². The minimum absolute atomic E-state index is 0.0511. The molecule has 1 saturated heterocycles. The van der Waals surface area contributed by atoms with Gasteiger partial charge in [-0.05, 0) is 25.0 Å². The van der Waals surface area contributed by atoms with Crippen LogP contribution in [-0.2, 0) is 0 Å². The number of H-pyrrole nitrogens is 1. The Morgan fingerprint density at radius 1 is 1.11 bits per heavy atom. The molecule has 0 atom stereocenters. The Labute approximate surface area is 161 Å². The van der Waals surface area contributed by atoms with Crippen LogP contribution in [0.4, 0.5) is 0 Å². The van der Waals surface area contributed by atoms with Crippen LogP contribution in [-0.4, -0.2) is 52.7 Å². The van der Waals surface area contributed by atoms with E-state index >= 15 is 0 Å². The van der Waals surface area contributed by atoms with Crippen molar-refractivity contribution >= 4 is 11.6 Å². The zero-order chi connectivity index (χ0) is 19.7. The molecule has 3 heterocycles. The van der Waals surface area contributed by atoms with Gasteiger partial charge in [-0.2, -0.15) is 0 Å². The van der Waals surface area contributed by atoms with Gasteiger partial charge in [0.05, 0.1) is 19.9 Å². The summed E-state index contributed by atoms with van der Waals surface area (Å²) in [6.07, 6.45) is 3.22. The Kier molecular flexibility index (Phi) is 4.77. The summed E-state index contributed by atoms with van der Waals surface area (Å²) in [7, 11) is 3.12. The SMILES string of the molecule is COc1cc(OC)cc(C(=O)N2CCC(c3cc(=O)n4[nH]ccc4n3)CC2)c1. The molecule has 8 nitrogen and oxygen atoms in total. The van der Waals surface area contributed by atoms with Crippen molar-refractivity contribution in [2.45, 2.75) is 18.8 Å². The van der Waals surface area contributed by atoms with Crippen molar-refractivity contribution in [1.82, 2.24) is 19.5 Å². The highest BCUT2D eigenvalue weighted by atomic mass is 16.5. The standard InChI is InChI=1S/C20H22N4O4/c1-27-15-9-14(10-16(11-15)28-2)20(26)23-7-4-13(5-8-23)17-12-19(25)24-18(22-17)3-6-21-24/h3,6,9-13,21H,4-5,7-8H2,1-2H3. The molecule has 0 radical (unpaired) electrons. The Balaban J connectivity index is 1.49. The molecule has 1 aromatic carbocycles. The molecule has 0 saturated carbocycles. The summed E-state index contributed by atoms with van der Waals surface area (Å²) in [4.78, 5) is 31.5. The molecule has 28 heavy (non-hydrogen) atoms. The average Bonchev–Trinajstić information content (AvgIpc) is 3.22. The van der Waals surface area contributed by atoms with E-state index < -0.39 is 0 Å². The minimum atomic E-state index is -0.119. The number of amides is 1. The molecule has 0 bridgehead atoms. The van der Waals surface area contributed by atoms with Crippen LogP contribution < -0.4 is 15.0 Å². The topological polar surface area (TPSA) is 88.9 Å². The van der Waals surface area contributed by atoms with E-state index in [-0.39, 0.29) is 17.4 Å². The van der Waals surface area contributed by atoms with E-state index in [2.05, 4.69) is 10.1 Å². The molecule has 1 aliphatic rings. The van der Waals surface area contributed by atoms with Crippen LogP contribution in [0.5, 0.6) is 11.5 Å². The predicted octanol–water partition coefficient (Wildman–Crippen LogP) is 2.06. The lowest BCUT2D eigenvalue weighted by Gasteiger charge is -2.32. The van der Waals surface area contributed by atoms with Crippen LogP contribution in [0.3, 0.4) is 0 Å². The number of methoxy groups -OCH3 is 2. The second-order valence-corrected chi connectivity index (χ2v) is 6.84. The van der Waals surface area contributed by atoms with Gasteiger partial charge in [0.15, 0.2) is 5.65 Å². The number of hydrogen-bond acceptors (Lipinski definition) is 5. The van der Waals surface area contributed by atoms with Crippen molar-refractivity contribution in [2.75, 3.05) is 27.3 Å².